The van der Waals surface area contributed by atoms with Crippen molar-refractivity contribution in [1.82, 2.24) is 0 Å². The van der Waals surface area contributed by atoms with Crippen molar-refractivity contribution in [2.75, 3.05) is 0 Å². The van der Waals surface area contributed by atoms with Gasteiger partial charge in [-0.25, -0.2) is 4.39 Å². The second-order valence-electron chi connectivity index (χ2n) is 5.46. The Hall–Kier alpha value is -3.45. The van der Waals surface area contributed by atoms with Gasteiger partial charge in [-0.15, -0.1) is 0 Å². The molecule has 0 saturated heterocycles. The number of benzene rings is 3. The molecule has 3 nitrogen and oxygen atoms in total. The Bertz CT molecular complexity index is 908. The van der Waals surface area contributed by atoms with Gasteiger partial charge in [0.15, 0.2) is 5.78 Å². The van der Waals surface area contributed by atoms with Gasteiger partial charge in [0.25, 0.3) is 0 Å². The number of nitrogens with zero attached hydrogens (tertiary/aromatic N) is 1. The summed E-state index contributed by atoms with van der Waals surface area (Å²) in [6.07, 6.45) is 0. The first-order chi connectivity index (χ1) is 12.2. The number of halogens is 1. The van der Waals surface area contributed by atoms with Crippen LogP contribution in [0.25, 0.3) is 0 Å². The summed E-state index contributed by atoms with van der Waals surface area (Å²) in [6, 6.07) is 21.5. The Labute approximate surface area is 144 Å². The van der Waals surface area contributed by atoms with Crippen molar-refractivity contribution in [2.45, 2.75) is 6.61 Å². The summed E-state index contributed by atoms with van der Waals surface area (Å²) in [6.45, 7) is 0.372. The van der Waals surface area contributed by atoms with Gasteiger partial charge in [-0.05, 0) is 66.2 Å². The monoisotopic (exact) mass is 331 g/mol. The van der Waals surface area contributed by atoms with Crippen LogP contribution in [0.4, 0.5) is 4.39 Å². The standard InChI is InChI=1S/C21H14FNO2/c22-19-9-5-17(6-10-19)21(24)18-7-11-20(12-8-18)25-14-16-3-1-15(13-23)2-4-16/h1-12H,14H2. The first-order valence-electron chi connectivity index (χ1n) is 7.68. The Morgan fingerprint density at radius 3 is 2.00 bits per heavy atom. The van der Waals surface area contributed by atoms with Gasteiger partial charge < -0.3 is 4.74 Å². The van der Waals surface area contributed by atoms with Crippen molar-refractivity contribution < 1.29 is 13.9 Å². The lowest BCUT2D eigenvalue weighted by atomic mass is 10.0. The van der Waals surface area contributed by atoms with E-state index in [0.717, 1.165) is 5.56 Å². The van der Waals surface area contributed by atoms with E-state index in [1.165, 1.54) is 24.3 Å². The highest BCUT2D eigenvalue weighted by atomic mass is 19.1. The number of carbonyl (C=O) groups excluding carboxylic acids is 1. The summed E-state index contributed by atoms with van der Waals surface area (Å²) >= 11 is 0. The van der Waals surface area contributed by atoms with Crippen LogP contribution in [0.5, 0.6) is 5.75 Å². The molecular weight excluding hydrogens is 317 g/mol. The summed E-state index contributed by atoms with van der Waals surface area (Å²) in [5.41, 5.74) is 2.50. The van der Waals surface area contributed by atoms with E-state index < -0.39 is 0 Å². The van der Waals surface area contributed by atoms with Crippen molar-refractivity contribution in [2.24, 2.45) is 0 Å². The molecule has 0 atom stereocenters. The first-order valence-corrected chi connectivity index (χ1v) is 7.68. The normalized spacial score (nSPS) is 10.1. The van der Waals surface area contributed by atoms with E-state index in [2.05, 4.69) is 6.07 Å². The quantitative estimate of drug-likeness (QED) is 0.647. The Morgan fingerprint density at radius 1 is 0.880 bits per heavy atom. The van der Waals surface area contributed by atoms with Crippen LogP contribution in [-0.2, 0) is 6.61 Å². The molecule has 0 fully saturated rings. The molecule has 3 rings (SSSR count). The molecule has 0 N–H and O–H groups in total. The van der Waals surface area contributed by atoms with Crippen LogP contribution in [0.15, 0.2) is 72.8 Å². The van der Waals surface area contributed by atoms with Crippen LogP contribution in [-0.4, -0.2) is 5.78 Å². The highest BCUT2D eigenvalue weighted by Crippen LogP contribution is 2.17. The molecule has 0 aliphatic rings. The van der Waals surface area contributed by atoms with E-state index in [1.54, 1.807) is 36.4 Å². The molecule has 3 aromatic carbocycles. The van der Waals surface area contributed by atoms with Gasteiger partial charge in [-0.1, -0.05) is 12.1 Å². The SMILES string of the molecule is N#Cc1ccc(COc2ccc(C(=O)c3ccc(F)cc3)cc2)cc1. The van der Waals surface area contributed by atoms with Gasteiger partial charge in [0.2, 0.25) is 0 Å². The maximum atomic E-state index is 12.9. The fraction of sp³-hybridized carbons (Fsp3) is 0.0476. The number of hydrogen-bond donors (Lipinski definition) is 0. The number of carbonyl (C=O) groups is 1. The zero-order chi connectivity index (χ0) is 17.6. The van der Waals surface area contributed by atoms with E-state index >= 15 is 0 Å². The summed E-state index contributed by atoms with van der Waals surface area (Å²) in [4.78, 5) is 12.3. The second kappa shape index (κ2) is 7.41. The van der Waals surface area contributed by atoms with Crippen molar-refractivity contribution in [3.63, 3.8) is 0 Å². The third-order valence-electron chi connectivity index (χ3n) is 3.71. The van der Waals surface area contributed by atoms with Crippen molar-refractivity contribution >= 4 is 5.78 Å². The van der Waals surface area contributed by atoms with E-state index in [-0.39, 0.29) is 11.6 Å². The zero-order valence-electron chi connectivity index (χ0n) is 13.3. The predicted octanol–water partition coefficient (Wildman–Crippen LogP) is 4.51. The number of ketones is 1. The molecule has 0 aromatic heterocycles. The van der Waals surface area contributed by atoms with Gasteiger partial charge in [-0.2, -0.15) is 5.26 Å². The maximum absolute atomic E-state index is 12.9. The van der Waals surface area contributed by atoms with E-state index in [4.69, 9.17) is 10.00 Å². The van der Waals surface area contributed by atoms with Gasteiger partial charge in [0.05, 0.1) is 11.6 Å². The number of hydrogen-bond acceptors (Lipinski definition) is 3. The van der Waals surface area contributed by atoms with E-state index in [1.807, 2.05) is 12.1 Å². The van der Waals surface area contributed by atoms with Crippen LogP contribution in [0.2, 0.25) is 0 Å². The highest BCUT2D eigenvalue weighted by molar-refractivity contribution is 6.08. The minimum absolute atomic E-state index is 0.168. The first kappa shape index (κ1) is 16.4. The lowest BCUT2D eigenvalue weighted by molar-refractivity contribution is 0.103. The number of rotatable bonds is 5. The molecule has 122 valence electrons. The van der Waals surface area contributed by atoms with Crippen LogP contribution < -0.4 is 4.74 Å². The molecule has 0 radical (unpaired) electrons. The minimum atomic E-state index is -0.372. The second-order valence-corrected chi connectivity index (χ2v) is 5.46. The molecule has 4 heteroatoms. The van der Waals surface area contributed by atoms with Crippen LogP contribution >= 0.6 is 0 Å². The predicted molar refractivity (Wildman–Crippen MR) is 91.8 cm³/mol. The molecule has 25 heavy (non-hydrogen) atoms. The van der Waals surface area contributed by atoms with E-state index in [9.17, 15) is 9.18 Å². The van der Waals surface area contributed by atoms with Gasteiger partial charge in [-0.3, -0.25) is 4.79 Å². The van der Waals surface area contributed by atoms with Crippen LogP contribution in [0.1, 0.15) is 27.0 Å². The number of ether oxygens (including phenoxy) is 1. The number of nitriles is 1. The van der Waals surface area contributed by atoms with Crippen molar-refractivity contribution in [3.8, 4) is 11.8 Å². The molecule has 0 saturated carbocycles. The summed E-state index contributed by atoms with van der Waals surface area (Å²) in [5.74, 6) is 0.0989. The molecule has 0 aliphatic carbocycles. The Morgan fingerprint density at radius 2 is 1.44 bits per heavy atom. The zero-order valence-corrected chi connectivity index (χ0v) is 13.3. The largest absolute Gasteiger partial charge is 0.489 e. The Balaban J connectivity index is 1.64. The molecule has 0 spiro atoms. The fourth-order valence-electron chi connectivity index (χ4n) is 2.31. The molecule has 0 aliphatic heterocycles. The highest BCUT2D eigenvalue weighted by Gasteiger charge is 2.09. The molecule has 0 bridgehead atoms. The van der Waals surface area contributed by atoms with Crippen molar-refractivity contribution in [1.29, 1.82) is 5.26 Å². The minimum Gasteiger partial charge on any atom is -0.489 e. The molecule has 3 aromatic rings. The van der Waals surface area contributed by atoms with Crippen molar-refractivity contribution in [3.05, 3.63) is 101 Å². The fourth-order valence-corrected chi connectivity index (χ4v) is 2.31. The average molecular weight is 331 g/mol. The summed E-state index contributed by atoms with van der Waals surface area (Å²) in [5, 5.41) is 8.78. The smallest absolute Gasteiger partial charge is 0.193 e. The summed E-state index contributed by atoms with van der Waals surface area (Å²) in [7, 11) is 0. The third kappa shape index (κ3) is 4.10. The van der Waals surface area contributed by atoms with E-state index in [0.29, 0.717) is 29.0 Å². The molecule has 0 amide bonds. The van der Waals surface area contributed by atoms with Gasteiger partial charge in [0.1, 0.15) is 18.2 Å². The van der Waals surface area contributed by atoms with Gasteiger partial charge in [0, 0.05) is 11.1 Å². The topological polar surface area (TPSA) is 50.1 Å². The molecule has 0 heterocycles. The lowest BCUT2D eigenvalue weighted by Crippen LogP contribution is -2.01. The lowest BCUT2D eigenvalue weighted by Gasteiger charge is -2.07. The summed E-state index contributed by atoms with van der Waals surface area (Å²) < 4.78 is 18.6. The molecule has 0 unspecified atom stereocenters. The van der Waals surface area contributed by atoms with Gasteiger partial charge >= 0.3 is 0 Å². The maximum Gasteiger partial charge on any atom is 0.193 e. The third-order valence-corrected chi connectivity index (χ3v) is 3.71. The Kier molecular flexibility index (Phi) is 4.87. The van der Waals surface area contributed by atoms with Crippen LogP contribution in [0, 0.1) is 17.1 Å². The molecular formula is C21H14FNO2. The average Bonchev–Trinajstić information content (AvgIpc) is 2.67. The van der Waals surface area contributed by atoms with Crippen LogP contribution in [0.3, 0.4) is 0 Å².